The molecule has 2 heterocycles. The number of piperidine rings is 1. The van der Waals surface area contributed by atoms with Crippen LogP contribution in [0.4, 0.5) is 5.95 Å². The fourth-order valence-corrected chi connectivity index (χ4v) is 3.33. The number of para-hydroxylation sites is 1. The second-order valence-corrected chi connectivity index (χ2v) is 6.71. The van der Waals surface area contributed by atoms with Crippen LogP contribution in [-0.2, 0) is 4.79 Å². The first-order valence-corrected chi connectivity index (χ1v) is 9.24. The molecule has 1 aromatic heterocycles. The van der Waals surface area contributed by atoms with Crippen molar-refractivity contribution < 1.29 is 20.1 Å². The molecule has 1 fully saturated rings. The van der Waals surface area contributed by atoms with E-state index in [1.54, 1.807) is 4.68 Å². The molecule has 10 heteroatoms. The van der Waals surface area contributed by atoms with Crippen molar-refractivity contribution >= 4 is 12.4 Å². The summed E-state index contributed by atoms with van der Waals surface area (Å²) in [5, 5.41) is 38.4. The number of aliphatic hydroxyl groups is 2. The molecule has 0 spiro atoms. The van der Waals surface area contributed by atoms with Gasteiger partial charge in [0.2, 0.25) is 5.95 Å². The van der Waals surface area contributed by atoms with Gasteiger partial charge in [-0.2, -0.15) is 4.68 Å². The second kappa shape index (κ2) is 11.3. The van der Waals surface area contributed by atoms with E-state index >= 15 is 0 Å². The van der Waals surface area contributed by atoms with Gasteiger partial charge in [-0.25, -0.2) is 0 Å². The van der Waals surface area contributed by atoms with Crippen molar-refractivity contribution in [2.45, 2.75) is 18.9 Å². The van der Waals surface area contributed by atoms with Crippen LogP contribution in [0.2, 0.25) is 0 Å². The van der Waals surface area contributed by atoms with E-state index in [4.69, 9.17) is 15.0 Å². The summed E-state index contributed by atoms with van der Waals surface area (Å²) >= 11 is 0. The van der Waals surface area contributed by atoms with E-state index in [0.29, 0.717) is 13.1 Å². The molecule has 154 valence electrons. The Morgan fingerprint density at radius 3 is 2.54 bits per heavy atom. The maximum Gasteiger partial charge on any atom is 0.290 e. The predicted molar refractivity (Wildman–Crippen MR) is 103 cm³/mol. The first-order valence-electron chi connectivity index (χ1n) is 9.24. The fraction of sp³-hybridized carbons (Fsp3) is 0.556. The lowest BCUT2D eigenvalue weighted by Gasteiger charge is -2.35. The molecule has 0 bridgehead atoms. The molecule has 1 aliphatic heterocycles. The number of hydrogen-bond acceptors (Lipinski definition) is 8. The van der Waals surface area contributed by atoms with E-state index in [-0.39, 0.29) is 25.1 Å². The molecule has 2 aromatic rings. The minimum Gasteiger partial charge on any atom is -0.483 e. The third kappa shape index (κ3) is 5.98. The van der Waals surface area contributed by atoms with Crippen molar-refractivity contribution in [3.63, 3.8) is 0 Å². The highest BCUT2D eigenvalue weighted by Crippen LogP contribution is 2.25. The summed E-state index contributed by atoms with van der Waals surface area (Å²) in [4.78, 5) is 12.5. The zero-order valence-electron chi connectivity index (χ0n) is 16.0. The SMILES string of the molecule is CN(CCO)CC(O)C1CCN(c2nnnn2-c2ccccc2)CC1.O=CO. The lowest BCUT2D eigenvalue weighted by Crippen LogP contribution is -2.42. The molecule has 1 unspecified atom stereocenters. The van der Waals surface area contributed by atoms with Gasteiger partial charge >= 0.3 is 0 Å². The summed E-state index contributed by atoms with van der Waals surface area (Å²) in [5.74, 6) is 1.01. The van der Waals surface area contributed by atoms with Crippen molar-refractivity contribution in [3.8, 4) is 5.69 Å². The van der Waals surface area contributed by atoms with E-state index in [1.165, 1.54) is 0 Å². The number of likely N-dealkylation sites (N-methyl/N-ethyl adjacent to an activating group) is 1. The van der Waals surface area contributed by atoms with Gasteiger partial charge in [-0.15, -0.1) is 0 Å². The number of carbonyl (C=O) groups is 1. The van der Waals surface area contributed by atoms with Gasteiger partial charge in [0.1, 0.15) is 0 Å². The van der Waals surface area contributed by atoms with Gasteiger partial charge in [0, 0.05) is 26.2 Å². The molecule has 1 saturated heterocycles. The number of anilines is 1. The molecule has 3 rings (SSSR count). The fourth-order valence-electron chi connectivity index (χ4n) is 3.33. The van der Waals surface area contributed by atoms with Crippen LogP contribution in [0.5, 0.6) is 0 Å². The quantitative estimate of drug-likeness (QED) is 0.552. The van der Waals surface area contributed by atoms with E-state index in [2.05, 4.69) is 20.4 Å². The Bertz CT molecular complexity index is 690. The highest BCUT2D eigenvalue weighted by Gasteiger charge is 2.28. The van der Waals surface area contributed by atoms with Gasteiger partial charge in [0.25, 0.3) is 6.47 Å². The van der Waals surface area contributed by atoms with Crippen LogP contribution < -0.4 is 4.90 Å². The third-order valence-electron chi connectivity index (χ3n) is 4.80. The Morgan fingerprint density at radius 1 is 1.29 bits per heavy atom. The van der Waals surface area contributed by atoms with Crippen LogP contribution in [0.1, 0.15) is 12.8 Å². The van der Waals surface area contributed by atoms with E-state index in [0.717, 1.165) is 37.6 Å². The molecule has 3 N–H and O–H groups in total. The van der Waals surface area contributed by atoms with Crippen LogP contribution in [0.15, 0.2) is 30.3 Å². The normalized spacial score (nSPS) is 15.8. The minimum absolute atomic E-state index is 0.115. The molecule has 0 aliphatic carbocycles. The number of nitrogens with zero attached hydrogens (tertiary/aromatic N) is 6. The molecule has 1 atom stereocenters. The molecule has 1 aromatic carbocycles. The number of hydrogen-bond donors (Lipinski definition) is 3. The topological polar surface area (TPSA) is 128 Å². The summed E-state index contributed by atoms with van der Waals surface area (Å²) in [6, 6.07) is 9.85. The predicted octanol–water partition coefficient (Wildman–Crippen LogP) is -0.135. The Labute approximate surface area is 164 Å². The monoisotopic (exact) mass is 392 g/mol. The average Bonchev–Trinajstić information content (AvgIpc) is 3.19. The Kier molecular flexibility index (Phi) is 8.79. The number of aromatic nitrogens is 4. The van der Waals surface area contributed by atoms with E-state index < -0.39 is 0 Å². The zero-order valence-corrected chi connectivity index (χ0v) is 16.0. The van der Waals surface area contributed by atoms with Crippen LogP contribution >= 0.6 is 0 Å². The number of aliphatic hydroxyl groups excluding tert-OH is 2. The number of benzene rings is 1. The summed E-state index contributed by atoms with van der Waals surface area (Å²) in [7, 11) is 1.92. The average molecular weight is 392 g/mol. The molecule has 1 aliphatic rings. The van der Waals surface area contributed by atoms with Crippen molar-refractivity contribution in [2.24, 2.45) is 5.92 Å². The standard InChI is InChI=1S/C17H26N6O2.CH2O2/c1-21(11-12-24)13-16(25)14-7-9-22(10-8-14)17-18-19-20-23(17)15-5-3-2-4-6-15;2-1-3/h2-6,14,16,24-25H,7-13H2,1H3;1H,(H,2,3). The van der Waals surface area contributed by atoms with Crippen molar-refractivity contribution in [2.75, 3.05) is 44.7 Å². The molecule has 0 radical (unpaired) electrons. The Hall–Kier alpha value is -2.56. The summed E-state index contributed by atoms with van der Waals surface area (Å²) in [5.41, 5.74) is 0.940. The molecule has 0 amide bonds. The van der Waals surface area contributed by atoms with Gasteiger partial charge < -0.3 is 25.1 Å². The van der Waals surface area contributed by atoms with Gasteiger partial charge in [-0.1, -0.05) is 23.3 Å². The third-order valence-corrected chi connectivity index (χ3v) is 4.80. The smallest absolute Gasteiger partial charge is 0.290 e. The van der Waals surface area contributed by atoms with Crippen molar-refractivity contribution in [3.05, 3.63) is 30.3 Å². The van der Waals surface area contributed by atoms with Crippen LogP contribution in [0.3, 0.4) is 0 Å². The van der Waals surface area contributed by atoms with Gasteiger partial charge in [0.15, 0.2) is 0 Å². The van der Waals surface area contributed by atoms with Crippen molar-refractivity contribution in [1.82, 2.24) is 25.1 Å². The lowest BCUT2D eigenvalue weighted by atomic mass is 9.91. The van der Waals surface area contributed by atoms with E-state index in [1.807, 2.05) is 42.3 Å². The molecule has 0 saturated carbocycles. The second-order valence-electron chi connectivity index (χ2n) is 6.71. The highest BCUT2D eigenvalue weighted by molar-refractivity contribution is 5.40. The van der Waals surface area contributed by atoms with Gasteiger partial charge in [0.05, 0.1) is 18.4 Å². The molecule has 28 heavy (non-hydrogen) atoms. The van der Waals surface area contributed by atoms with Crippen LogP contribution in [0.25, 0.3) is 5.69 Å². The van der Waals surface area contributed by atoms with Gasteiger partial charge in [-0.3, -0.25) is 4.79 Å². The molecule has 10 nitrogen and oxygen atoms in total. The lowest BCUT2D eigenvalue weighted by molar-refractivity contribution is -0.122. The maximum atomic E-state index is 10.4. The highest BCUT2D eigenvalue weighted by atomic mass is 16.3. The Balaban J connectivity index is 0.000000878. The first-order chi connectivity index (χ1) is 13.6. The molecular formula is C18H28N6O4. The maximum absolute atomic E-state index is 10.4. The van der Waals surface area contributed by atoms with Crippen molar-refractivity contribution in [1.29, 1.82) is 0 Å². The summed E-state index contributed by atoms with van der Waals surface area (Å²) < 4.78 is 1.76. The van der Waals surface area contributed by atoms with Crippen LogP contribution in [-0.4, -0.2) is 92.8 Å². The van der Waals surface area contributed by atoms with Crippen LogP contribution in [0, 0.1) is 5.92 Å². The largest absolute Gasteiger partial charge is 0.483 e. The zero-order chi connectivity index (χ0) is 20.4. The molecular weight excluding hydrogens is 364 g/mol. The number of carboxylic acid groups (broad SMARTS) is 1. The number of rotatable bonds is 7. The minimum atomic E-state index is -0.371. The summed E-state index contributed by atoms with van der Waals surface area (Å²) in [6.07, 6.45) is 1.43. The Morgan fingerprint density at radius 2 is 1.93 bits per heavy atom. The van der Waals surface area contributed by atoms with Gasteiger partial charge in [-0.05, 0) is 48.4 Å². The number of tetrazole rings is 1. The first kappa shape index (κ1) is 21.7. The van der Waals surface area contributed by atoms with E-state index in [9.17, 15) is 5.11 Å². The summed E-state index contributed by atoms with van der Waals surface area (Å²) in [6.45, 7) is 2.68.